The van der Waals surface area contributed by atoms with Gasteiger partial charge in [0, 0.05) is 24.1 Å². The number of hydrogen-bond acceptors (Lipinski definition) is 6. The van der Waals surface area contributed by atoms with Crippen molar-refractivity contribution in [2.24, 2.45) is 10.4 Å². The largest absolute Gasteiger partial charge is 0.461 e. The third-order valence-corrected chi connectivity index (χ3v) is 7.53. The van der Waals surface area contributed by atoms with Crippen molar-refractivity contribution in [1.82, 2.24) is 15.6 Å². The molecule has 0 saturated heterocycles. The Kier molecular flexibility index (Phi) is 8.65. The van der Waals surface area contributed by atoms with E-state index in [2.05, 4.69) is 54.4 Å². The molecule has 0 fully saturated rings. The lowest BCUT2D eigenvalue weighted by Gasteiger charge is -2.27. The lowest BCUT2D eigenvalue weighted by molar-refractivity contribution is 0.290. The number of halogens is 1. The van der Waals surface area contributed by atoms with Crippen molar-refractivity contribution in [1.29, 1.82) is 0 Å². The molecule has 0 spiro atoms. The summed E-state index contributed by atoms with van der Waals surface area (Å²) in [7, 11) is -1.13. The Balaban J connectivity index is 1.72. The van der Waals surface area contributed by atoms with Crippen LogP contribution in [0.4, 0.5) is 4.39 Å². The molecule has 3 rings (SSSR count). The van der Waals surface area contributed by atoms with Crippen LogP contribution < -0.4 is 10.6 Å². The monoisotopic (exact) mass is 471 g/mol. The zero-order valence-electron chi connectivity index (χ0n) is 20.1. The number of nitrogens with one attached hydrogen (secondary N) is 2. The van der Waals surface area contributed by atoms with Crippen LogP contribution in [0.25, 0.3) is 11.3 Å². The van der Waals surface area contributed by atoms with E-state index in [4.69, 9.17) is 4.99 Å². The molecule has 3 atom stereocenters. The van der Waals surface area contributed by atoms with Gasteiger partial charge in [0.05, 0.1) is 24.3 Å². The molecule has 180 valence electrons. The third kappa shape index (κ3) is 7.37. The van der Waals surface area contributed by atoms with Crippen molar-refractivity contribution in [2.45, 2.75) is 64.3 Å². The average Bonchev–Trinajstić information content (AvgIpc) is 3.23. The molecule has 2 heterocycles. The highest BCUT2D eigenvalue weighted by Crippen LogP contribution is 2.28. The molecule has 0 saturated carbocycles. The van der Waals surface area contributed by atoms with Gasteiger partial charge < -0.3 is 14.8 Å². The van der Waals surface area contributed by atoms with E-state index in [1.807, 2.05) is 19.1 Å². The van der Waals surface area contributed by atoms with E-state index < -0.39 is 10.4 Å². The quantitative estimate of drug-likeness (QED) is 0.362. The van der Waals surface area contributed by atoms with E-state index in [1.54, 1.807) is 6.07 Å². The lowest BCUT2D eigenvalue weighted by Crippen LogP contribution is -2.37. The Labute approximate surface area is 199 Å². The molecule has 3 unspecified atom stereocenters. The maximum atomic E-state index is 13.2. The van der Waals surface area contributed by atoms with Crippen LogP contribution in [0.5, 0.6) is 0 Å². The third-order valence-electron chi connectivity index (χ3n) is 6.46. The van der Waals surface area contributed by atoms with Crippen LogP contribution in [0.2, 0.25) is 0 Å². The van der Waals surface area contributed by atoms with Crippen LogP contribution in [-0.2, 0) is 14.6 Å². The molecule has 0 radical (unpaired) electrons. The minimum absolute atomic E-state index is 0.0235. The Hall–Kier alpha value is -2.25. The smallest absolute Gasteiger partial charge is 0.141 e. The standard InChI is InChI=1S/C26H36FN4OS/c1-6-26(3,4)14-22-17-30-25(31-22)13-24(28-15-18(2)33(5)32)20-9-7-19(8-10-20)23-12-11-21(27)16-29-23/h7-12,16,18,22,24,28H,5-6,13-15,17H2,1-4H3,(H,30,31)/q-1. The molecule has 0 bridgehead atoms. The zero-order chi connectivity index (χ0) is 24.0. The van der Waals surface area contributed by atoms with Crippen LogP contribution in [0, 0.1) is 11.2 Å². The molecular formula is C26H36FN4OS-. The minimum Gasteiger partial charge on any atom is -0.461 e. The SMILES string of the molecule is C=[S-](=O)C(C)CNC(CC1=NCC(CC(C)(C)CC)N1)c1ccc(-c2ccc(F)cn2)cc1. The molecule has 1 aliphatic heterocycles. The summed E-state index contributed by atoms with van der Waals surface area (Å²) in [5, 5.41) is 7.14. The highest BCUT2D eigenvalue weighted by Gasteiger charge is 2.26. The molecule has 0 amide bonds. The van der Waals surface area contributed by atoms with Gasteiger partial charge in [0.15, 0.2) is 0 Å². The Bertz CT molecular complexity index is 1010. The second kappa shape index (κ2) is 11.3. The zero-order valence-corrected chi connectivity index (χ0v) is 20.9. The predicted octanol–water partition coefficient (Wildman–Crippen LogP) is 4.89. The number of pyridine rings is 1. The van der Waals surface area contributed by atoms with Crippen molar-refractivity contribution < 1.29 is 8.60 Å². The molecule has 7 heteroatoms. The van der Waals surface area contributed by atoms with Gasteiger partial charge in [-0.15, -0.1) is 0 Å². The van der Waals surface area contributed by atoms with Crippen LogP contribution in [0.15, 0.2) is 47.6 Å². The van der Waals surface area contributed by atoms with Gasteiger partial charge in [-0.25, -0.2) is 4.39 Å². The molecule has 1 aromatic heterocycles. The fraction of sp³-hybridized carbons (Fsp3) is 0.500. The average molecular weight is 472 g/mol. The molecule has 2 N–H and O–H groups in total. The summed E-state index contributed by atoms with van der Waals surface area (Å²) in [4.78, 5) is 8.95. The molecule has 1 aliphatic rings. The Morgan fingerprint density at radius 3 is 2.61 bits per heavy atom. The fourth-order valence-electron chi connectivity index (χ4n) is 3.93. The summed E-state index contributed by atoms with van der Waals surface area (Å²) in [5.74, 6) is 4.32. The summed E-state index contributed by atoms with van der Waals surface area (Å²) in [6, 6.07) is 11.6. The first kappa shape index (κ1) is 25.4. The molecule has 5 nitrogen and oxygen atoms in total. The number of nitrogens with zero attached hydrogens (tertiary/aromatic N) is 2. The first-order chi connectivity index (χ1) is 15.7. The van der Waals surface area contributed by atoms with Gasteiger partial charge in [0.25, 0.3) is 0 Å². The number of hydrogen-bond donors (Lipinski definition) is 2. The molecular weight excluding hydrogens is 435 g/mol. The first-order valence-corrected chi connectivity index (χ1v) is 13.0. The molecule has 33 heavy (non-hydrogen) atoms. The fourth-order valence-corrected chi connectivity index (χ4v) is 4.21. The van der Waals surface area contributed by atoms with Gasteiger partial charge in [0.1, 0.15) is 5.82 Å². The second-order valence-corrected chi connectivity index (χ2v) is 11.3. The number of aromatic nitrogens is 1. The summed E-state index contributed by atoms with van der Waals surface area (Å²) in [6.45, 7) is 10.2. The van der Waals surface area contributed by atoms with Gasteiger partial charge in [-0.3, -0.25) is 20.4 Å². The van der Waals surface area contributed by atoms with Crippen molar-refractivity contribution in [2.75, 3.05) is 13.1 Å². The van der Waals surface area contributed by atoms with E-state index >= 15 is 0 Å². The topological polar surface area (TPSA) is 66.4 Å². The Morgan fingerprint density at radius 2 is 2.00 bits per heavy atom. The molecule has 0 aliphatic carbocycles. The molecule has 1 aromatic carbocycles. The van der Waals surface area contributed by atoms with Crippen LogP contribution in [-0.4, -0.2) is 41.1 Å². The van der Waals surface area contributed by atoms with E-state index in [-0.39, 0.29) is 22.5 Å². The number of benzene rings is 1. The molecule has 2 aromatic rings. The highest BCUT2D eigenvalue weighted by atomic mass is 32.2. The predicted molar refractivity (Wildman–Crippen MR) is 138 cm³/mol. The maximum Gasteiger partial charge on any atom is 0.141 e. The van der Waals surface area contributed by atoms with E-state index in [0.29, 0.717) is 12.6 Å². The lowest BCUT2D eigenvalue weighted by atomic mass is 9.83. The summed E-state index contributed by atoms with van der Waals surface area (Å²) >= 11 is 0. The van der Waals surface area contributed by atoms with Gasteiger partial charge in [-0.1, -0.05) is 63.6 Å². The van der Waals surface area contributed by atoms with Crippen LogP contribution in [0.1, 0.15) is 58.6 Å². The summed E-state index contributed by atoms with van der Waals surface area (Å²) < 4.78 is 25.0. The van der Waals surface area contributed by atoms with Gasteiger partial charge in [0.2, 0.25) is 0 Å². The van der Waals surface area contributed by atoms with Gasteiger partial charge >= 0.3 is 0 Å². The number of amidine groups is 1. The summed E-state index contributed by atoms with van der Waals surface area (Å²) in [5.41, 5.74) is 3.07. The van der Waals surface area contributed by atoms with E-state index in [9.17, 15) is 8.60 Å². The minimum atomic E-state index is -1.13. The number of aliphatic imine (C=N–C) groups is 1. The Morgan fingerprint density at radius 1 is 1.27 bits per heavy atom. The van der Waals surface area contributed by atoms with Crippen LogP contribution in [0.3, 0.4) is 0 Å². The summed E-state index contributed by atoms with van der Waals surface area (Å²) in [6.07, 6.45) is 4.19. The van der Waals surface area contributed by atoms with Gasteiger partial charge in [-0.2, -0.15) is 5.87 Å². The first-order valence-electron chi connectivity index (χ1n) is 11.6. The second-order valence-electron chi connectivity index (χ2n) is 9.69. The number of rotatable bonds is 11. The normalized spacial score (nSPS) is 18.1. The van der Waals surface area contributed by atoms with E-state index in [0.717, 1.165) is 48.5 Å². The van der Waals surface area contributed by atoms with Crippen molar-refractivity contribution in [3.63, 3.8) is 0 Å². The van der Waals surface area contributed by atoms with Crippen molar-refractivity contribution >= 4 is 22.1 Å². The van der Waals surface area contributed by atoms with E-state index in [1.165, 1.54) is 12.3 Å². The van der Waals surface area contributed by atoms with Crippen LogP contribution >= 0.6 is 0 Å². The maximum absolute atomic E-state index is 13.2. The van der Waals surface area contributed by atoms with Crippen molar-refractivity contribution in [3.8, 4) is 11.3 Å². The van der Waals surface area contributed by atoms with Gasteiger partial charge in [-0.05, 0) is 36.1 Å². The highest BCUT2D eigenvalue weighted by molar-refractivity contribution is 7.83. The van der Waals surface area contributed by atoms with Crippen molar-refractivity contribution in [3.05, 3.63) is 54.0 Å².